The Labute approximate surface area is 190 Å². The van der Waals surface area contributed by atoms with Gasteiger partial charge in [0.2, 0.25) is 0 Å². The lowest BCUT2D eigenvalue weighted by atomic mass is 10.0. The Morgan fingerprint density at radius 1 is 1.28 bits per heavy atom. The molecule has 0 saturated carbocycles. The summed E-state index contributed by atoms with van der Waals surface area (Å²) in [6, 6.07) is 5.34. The van der Waals surface area contributed by atoms with Crippen LogP contribution in [-0.2, 0) is 9.47 Å². The SMILES string of the molecule is CC(C)c1[nH]c(=O)c(-c2csc(-c3ccncc3)n2)cc1C(=O)OCCN1CCOCC1. The van der Waals surface area contributed by atoms with Gasteiger partial charge in [-0.25, -0.2) is 9.78 Å². The zero-order valence-corrected chi connectivity index (χ0v) is 19.0. The lowest BCUT2D eigenvalue weighted by Gasteiger charge is -2.26. The highest BCUT2D eigenvalue weighted by atomic mass is 32.1. The Hall–Kier alpha value is -2.88. The molecule has 0 unspecified atom stereocenters. The maximum Gasteiger partial charge on any atom is 0.339 e. The van der Waals surface area contributed by atoms with Gasteiger partial charge in [0.15, 0.2) is 0 Å². The smallest absolute Gasteiger partial charge is 0.339 e. The van der Waals surface area contributed by atoms with Crippen molar-refractivity contribution >= 4 is 17.3 Å². The first-order chi connectivity index (χ1) is 15.5. The van der Waals surface area contributed by atoms with E-state index in [-0.39, 0.29) is 18.1 Å². The Morgan fingerprint density at radius 2 is 2.03 bits per heavy atom. The summed E-state index contributed by atoms with van der Waals surface area (Å²) >= 11 is 1.44. The molecule has 32 heavy (non-hydrogen) atoms. The fraction of sp³-hybridized carbons (Fsp3) is 0.391. The van der Waals surface area contributed by atoms with Gasteiger partial charge >= 0.3 is 5.97 Å². The first kappa shape index (κ1) is 22.3. The van der Waals surface area contributed by atoms with Gasteiger partial charge in [-0.2, -0.15) is 0 Å². The van der Waals surface area contributed by atoms with E-state index in [1.807, 2.05) is 31.4 Å². The van der Waals surface area contributed by atoms with Gasteiger partial charge < -0.3 is 14.5 Å². The molecule has 0 spiro atoms. The second kappa shape index (κ2) is 10.2. The molecule has 1 N–H and O–H groups in total. The number of thiazole rings is 1. The van der Waals surface area contributed by atoms with Crippen LogP contribution < -0.4 is 5.56 Å². The van der Waals surface area contributed by atoms with Crippen LogP contribution in [0.3, 0.4) is 0 Å². The highest BCUT2D eigenvalue weighted by Gasteiger charge is 2.21. The minimum Gasteiger partial charge on any atom is -0.461 e. The summed E-state index contributed by atoms with van der Waals surface area (Å²) in [5.74, 6) is -0.481. The van der Waals surface area contributed by atoms with E-state index in [9.17, 15) is 9.59 Å². The average Bonchev–Trinajstić information content (AvgIpc) is 3.30. The van der Waals surface area contributed by atoms with Gasteiger partial charge in [-0.05, 0) is 24.1 Å². The lowest BCUT2D eigenvalue weighted by Crippen LogP contribution is -2.38. The number of pyridine rings is 2. The van der Waals surface area contributed by atoms with E-state index in [2.05, 4.69) is 19.9 Å². The molecule has 1 saturated heterocycles. The van der Waals surface area contributed by atoms with Crippen molar-refractivity contribution in [2.24, 2.45) is 0 Å². The molecule has 9 heteroatoms. The van der Waals surface area contributed by atoms with E-state index in [0.29, 0.717) is 42.3 Å². The van der Waals surface area contributed by atoms with Crippen LogP contribution in [0.15, 0.2) is 40.8 Å². The standard InChI is InChI=1S/C23H26N4O4S/c1-15(2)20-18(23(29)31-12-9-27-7-10-30-11-8-27)13-17(21(28)26-20)19-14-32-22(25-19)16-3-5-24-6-4-16/h3-6,13-15H,7-12H2,1-2H3,(H,26,28). The second-order valence-electron chi connectivity index (χ2n) is 7.86. The van der Waals surface area contributed by atoms with Gasteiger partial charge in [-0.1, -0.05) is 13.8 Å². The number of aromatic amines is 1. The number of morpholine rings is 1. The molecule has 168 valence electrons. The number of nitrogens with zero attached hydrogens (tertiary/aromatic N) is 3. The van der Waals surface area contributed by atoms with Gasteiger partial charge in [-0.3, -0.25) is 14.7 Å². The van der Waals surface area contributed by atoms with E-state index < -0.39 is 5.97 Å². The number of hydrogen-bond acceptors (Lipinski definition) is 8. The summed E-state index contributed by atoms with van der Waals surface area (Å²) in [6.45, 7) is 7.87. The van der Waals surface area contributed by atoms with Crippen LogP contribution in [0.1, 0.15) is 35.8 Å². The van der Waals surface area contributed by atoms with Crippen molar-refractivity contribution in [3.05, 3.63) is 57.6 Å². The average molecular weight is 455 g/mol. The number of ether oxygens (including phenoxy) is 2. The Bertz CT molecular complexity index is 1120. The first-order valence-electron chi connectivity index (χ1n) is 10.6. The van der Waals surface area contributed by atoms with E-state index in [1.54, 1.807) is 18.5 Å². The monoisotopic (exact) mass is 454 g/mol. The summed E-state index contributed by atoms with van der Waals surface area (Å²) in [4.78, 5) is 39.5. The summed E-state index contributed by atoms with van der Waals surface area (Å²) < 4.78 is 10.9. The highest BCUT2D eigenvalue weighted by Crippen LogP contribution is 2.28. The maximum absolute atomic E-state index is 12.9. The van der Waals surface area contributed by atoms with Crippen LogP contribution in [-0.4, -0.2) is 65.3 Å². The van der Waals surface area contributed by atoms with Crippen molar-refractivity contribution in [2.75, 3.05) is 39.5 Å². The second-order valence-corrected chi connectivity index (χ2v) is 8.72. The minimum atomic E-state index is -0.441. The third-order valence-corrected chi connectivity index (χ3v) is 6.21. The van der Waals surface area contributed by atoms with Gasteiger partial charge in [0.25, 0.3) is 5.56 Å². The van der Waals surface area contributed by atoms with Crippen molar-refractivity contribution < 1.29 is 14.3 Å². The third kappa shape index (κ3) is 5.12. The van der Waals surface area contributed by atoms with E-state index in [1.165, 1.54) is 11.3 Å². The summed E-state index contributed by atoms with van der Waals surface area (Å²) in [7, 11) is 0. The van der Waals surface area contributed by atoms with Gasteiger partial charge in [0.05, 0.1) is 30.0 Å². The van der Waals surface area contributed by atoms with Crippen LogP contribution in [0, 0.1) is 0 Å². The highest BCUT2D eigenvalue weighted by molar-refractivity contribution is 7.13. The Balaban J connectivity index is 1.57. The molecule has 0 aliphatic carbocycles. The molecule has 4 rings (SSSR count). The predicted molar refractivity (Wildman–Crippen MR) is 123 cm³/mol. The molecule has 3 aromatic rings. The number of hydrogen-bond donors (Lipinski definition) is 1. The van der Waals surface area contributed by atoms with Crippen LogP contribution in [0.25, 0.3) is 21.8 Å². The van der Waals surface area contributed by atoms with Crippen molar-refractivity contribution in [3.8, 4) is 21.8 Å². The molecule has 3 aromatic heterocycles. The van der Waals surface area contributed by atoms with Crippen LogP contribution in [0.4, 0.5) is 0 Å². The molecule has 0 aromatic carbocycles. The minimum absolute atomic E-state index is 0.0404. The molecule has 1 aliphatic heterocycles. The number of carbonyl (C=O) groups is 1. The molecular weight excluding hydrogens is 428 g/mol. The zero-order chi connectivity index (χ0) is 22.5. The molecule has 8 nitrogen and oxygen atoms in total. The molecule has 0 amide bonds. The van der Waals surface area contributed by atoms with Gasteiger partial charge in [-0.15, -0.1) is 11.3 Å². The van der Waals surface area contributed by atoms with Crippen molar-refractivity contribution in [1.29, 1.82) is 0 Å². The van der Waals surface area contributed by atoms with Crippen molar-refractivity contribution in [2.45, 2.75) is 19.8 Å². The number of carbonyl (C=O) groups excluding carboxylic acids is 1. The molecule has 4 heterocycles. The van der Waals surface area contributed by atoms with Crippen LogP contribution >= 0.6 is 11.3 Å². The fourth-order valence-electron chi connectivity index (χ4n) is 3.55. The van der Waals surface area contributed by atoms with Crippen molar-refractivity contribution in [1.82, 2.24) is 19.9 Å². The van der Waals surface area contributed by atoms with E-state index in [0.717, 1.165) is 23.7 Å². The van der Waals surface area contributed by atoms with Crippen LogP contribution in [0.5, 0.6) is 0 Å². The quantitative estimate of drug-likeness (QED) is 0.548. The number of aromatic nitrogens is 3. The normalized spacial score (nSPS) is 14.6. The third-order valence-electron chi connectivity index (χ3n) is 5.32. The number of esters is 1. The van der Waals surface area contributed by atoms with E-state index in [4.69, 9.17) is 9.47 Å². The Morgan fingerprint density at radius 3 is 2.75 bits per heavy atom. The number of nitrogens with one attached hydrogen (secondary N) is 1. The van der Waals surface area contributed by atoms with Crippen molar-refractivity contribution in [3.63, 3.8) is 0 Å². The lowest BCUT2D eigenvalue weighted by molar-refractivity contribution is 0.0195. The molecule has 1 aliphatic rings. The molecular formula is C23H26N4O4S. The Kier molecular flexibility index (Phi) is 7.09. The van der Waals surface area contributed by atoms with E-state index >= 15 is 0 Å². The molecule has 0 atom stereocenters. The van der Waals surface area contributed by atoms with Gasteiger partial charge in [0, 0.05) is 48.7 Å². The fourth-order valence-corrected chi connectivity index (χ4v) is 4.38. The zero-order valence-electron chi connectivity index (χ0n) is 18.2. The summed E-state index contributed by atoms with van der Waals surface area (Å²) in [5, 5.41) is 2.60. The molecule has 1 fully saturated rings. The topological polar surface area (TPSA) is 97.4 Å². The first-order valence-corrected chi connectivity index (χ1v) is 11.5. The molecule has 0 radical (unpaired) electrons. The number of H-pyrrole nitrogens is 1. The summed E-state index contributed by atoms with van der Waals surface area (Å²) in [6.07, 6.45) is 3.40. The molecule has 0 bridgehead atoms. The predicted octanol–water partition coefficient (Wildman–Crippen LogP) is 3.17. The number of rotatable bonds is 7. The van der Waals surface area contributed by atoms with Gasteiger partial charge in [0.1, 0.15) is 11.6 Å². The summed E-state index contributed by atoms with van der Waals surface area (Å²) in [5.41, 5.74) is 2.47. The maximum atomic E-state index is 12.9. The largest absolute Gasteiger partial charge is 0.461 e. The van der Waals surface area contributed by atoms with Crippen LogP contribution in [0.2, 0.25) is 0 Å².